The van der Waals surface area contributed by atoms with E-state index < -0.39 is 0 Å². The molecule has 0 aliphatic carbocycles. The van der Waals surface area contributed by atoms with E-state index in [1.807, 2.05) is 12.1 Å². The molecule has 0 spiro atoms. The van der Waals surface area contributed by atoms with Crippen LogP contribution < -0.4 is 5.32 Å². The molecule has 1 aromatic rings. The van der Waals surface area contributed by atoms with Crippen molar-refractivity contribution in [2.24, 2.45) is 0 Å². The van der Waals surface area contributed by atoms with Crippen molar-refractivity contribution < 1.29 is 5.11 Å². The summed E-state index contributed by atoms with van der Waals surface area (Å²) in [6.07, 6.45) is 1.06. The van der Waals surface area contributed by atoms with E-state index in [-0.39, 0.29) is 5.75 Å². The first kappa shape index (κ1) is 12.7. The highest BCUT2D eigenvalue weighted by Crippen LogP contribution is 2.30. The van der Waals surface area contributed by atoms with Crippen LogP contribution in [0, 0.1) is 0 Å². The Labute approximate surface area is 107 Å². The Kier molecular flexibility index (Phi) is 4.26. The first-order chi connectivity index (χ1) is 8.22. The number of nitrogens with zero attached hydrogens (tertiary/aromatic N) is 1. The van der Waals surface area contributed by atoms with Gasteiger partial charge in [-0.15, -0.1) is 0 Å². The van der Waals surface area contributed by atoms with E-state index in [1.165, 1.54) is 5.56 Å². The quantitative estimate of drug-likeness (QED) is 0.870. The summed E-state index contributed by atoms with van der Waals surface area (Å²) >= 11 is 5.97. The fraction of sp³-hybridized carbons (Fsp3) is 0.538. The van der Waals surface area contributed by atoms with E-state index in [9.17, 15) is 5.11 Å². The van der Waals surface area contributed by atoms with Gasteiger partial charge in [-0.3, -0.25) is 4.90 Å². The predicted molar refractivity (Wildman–Crippen MR) is 70.6 cm³/mol. The van der Waals surface area contributed by atoms with E-state index in [1.54, 1.807) is 6.07 Å². The molecule has 1 aromatic carbocycles. The van der Waals surface area contributed by atoms with Crippen LogP contribution in [0.5, 0.6) is 5.75 Å². The normalized spacial score (nSPS) is 19.2. The molecule has 0 radical (unpaired) electrons. The molecule has 1 heterocycles. The summed E-state index contributed by atoms with van der Waals surface area (Å²) in [4.78, 5) is 2.47. The van der Waals surface area contributed by atoms with Gasteiger partial charge in [0.2, 0.25) is 0 Å². The zero-order valence-corrected chi connectivity index (χ0v) is 10.9. The second-order valence-electron chi connectivity index (χ2n) is 4.42. The average Bonchev–Trinajstić information content (AvgIpc) is 2.36. The maximum atomic E-state index is 9.45. The minimum absolute atomic E-state index is 0.158. The van der Waals surface area contributed by atoms with Crippen LogP contribution in [0.25, 0.3) is 0 Å². The van der Waals surface area contributed by atoms with Crippen LogP contribution in [0.1, 0.15) is 24.9 Å². The van der Waals surface area contributed by atoms with Gasteiger partial charge in [-0.2, -0.15) is 0 Å². The van der Waals surface area contributed by atoms with Crippen LogP contribution in [0.2, 0.25) is 5.02 Å². The van der Waals surface area contributed by atoms with Crippen molar-refractivity contribution in [3.05, 3.63) is 28.8 Å². The third-order valence-electron chi connectivity index (χ3n) is 3.34. The summed E-state index contributed by atoms with van der Waals surface area (Å²) in [7, 11) is 0. The van der Waals surface area contributed by atoms with E-state index in [2.05, 4.69) is 17.1 Å². The van der Waals surface area contributed by atoms with Crippen LogP contribution in [-0.2, 0) is 0 Å². The molecule has 1 saturated heterocycles. The van der Waals surface area contributed by atoms with Crippen molar-refractivity contribution in [1.29, 1.82) is 0 Å². The molecule has 0 amide bonds. The summed E-state index contributed by atoms with van der Waals surface area (Å²) in [6, 6.07) is 5.93. The zero-order chi connectivity index (χ0) is 12.3. The summed E-state index contributed by atoms with van der Waals surface area (Å²) in [5.41, 5.74) is 1.19. The Balaban J connectivity index is 2.18. The molecule has 3 nitrogen and oxygen atoms in total. The van der Waals surface area contributed by atoms with E-state index in [0.29, 0.717) is 11.1 Å². The van der Waals surface area contributed by atoms with Gasteiger partial charge >= 0.3 is 0 Å². The first-order valence-corrected chi connectivity index (χ1v) is 6.53. The van der Waals surface area contributed by atoms with Crippen molar-refractivity contribution in [2.75, 3.05) is 26.2 Å². The standard InChI is InChI=1S/C13H19ClN2O/c1-2-12(16-7-5-15-6-8-16)10-3-4-13(17)11(14)9-10/h3-4,9,12,15,17H,2,5-8H2,1H3/t12-/m0/s1. The van der Waals surface area contributed by atoms with Gasteiger partial charge in [0.15, 0.2) is 0 Å². The Bertz CT molecular complexity index is 378. The minimum Gasteiger partial charge on any atom is -0.506 e. The van der Waals surface area contributed by atoms with E-state index in [0.717, 1.165) is 32.6 Å². The molecule has 0 aromatic heterocycles. The number of halogens is 1. The smallest absolute Gasteiger partial charge is 0.134 e. The van der Waals surface area contributed by atoms with Crippen molar-refractivity contribution in [3.63, 3.8) is 0 Å². The summed E-state index contributed by atoms with van der Waals surface area (Å²) in [5, 5.41) is 13.3. The van der Waals surface area contributed by atoms with Gasteiger partial charge in [0.1, 0.15) is 5.75 Å². The van der Waals surface area contributed by atoms with Gasteiger partial charge in [-0.05, 0) is 24.1 Å². The van der Waals surface area contributed by atoms with Gasteiger partial charge in [0.25, 0.3) is 0 Å². The molecule has 1 atom stereocenters. The SMILES string of the molecule is CC[C@@H](c1ccc(O)c(Cl)c1)N1CCNCC1. The van der Waals surface area contributed by atoms with Gasteiger partial charge < -0.3 is 10.4 Å². The fourth-order valence-electron chi connectivity index (χ4n) is 2.43. The molecular formula is C13H19ClN2O. The van der Waals surface area contributed by atoms with Crippen LogP contribution >= 0.6 is 11.6 Å². The van der Waals surface area contributed by atoms with Crippen LogP contribution in [0.4, 0.5) is 0 Å². The average molecular weight is 255 g/mol. The third-order valence-corrected chi connectivity index (χ3v) is 3.64. The third kappa shape index (κ3) is 2.92. The highest BCUT2D eigenvalue weighted by molar-refractivity contribution is 6.32. The van der Waals surface area contributed by atoms with Crippen LogP contribution in [0.3, 0.4) is 0 Å². The fourth-order valence-corrected chi connectivity index (χ4v) is 2.62. The van der Waals surface area contributed by atoms with Crippen molar-refractivity contribution in [1.82, 2.24) is 10.2 Å². The van der Waals surface area contributed by atoms with Crippen LogP contribution in [0.15, 0.2) is 18.2 Å². The maximum Gasteiger partial charge on any atom is 0.134 e. The molecule has 0 saturated carbocycles. The second-order valence-corrected chi connectivity index (χ2v) is 4.83. The van der Waals surface area contributed by atoms with Crippen LogP contribution in [-0.4, -0.2) is 36.2 Å². The van der Waals surface area contributed by atoms with Gasteiger partial charge in [0.05, 0.1) is 5.02 Å². The Morgan fingerprint density at radius 2 is 2.12 bits per heavy atom. The minimum atomic E-state index is 0.158. The summed E-state index contributed by atoms with van der Waals surface area (Å²) in [5.74, 6) is 0.158. The lowest BCUT2D eigenvalue weighted by Crippen LogP contribution is -2.45. The topological polar surface area (TPSA) is 35.5 Å². The molecule has 1 aliphatic rings. The number of benzene rings is 1. The molecule has 1 aliphatic heterocycles. The second kappa shape index (κ2) is 5.71. The monoisotopic (exact) mass is 254 g/mol. The largest absolute Gasteiger partial charge is 0.506 e. The van der Waals surface area contributed by atoms with Gasteiger partial charge in [0, 0.05) is 32.2 Å². The molecule has 2 rings (SSSR count). The number of aromatic hydroxyl groups is 1. The molecule has 4 heteroatoms. The van der Waals surface area contributed by atoms with E-state index in [4.69, 9.17) is 11.6 Å². The molecule has 94 valence electrons. The summed E-state index contributed by atoms with van der Waals surface area (Å²) < 4.78 is 0. The Morgan fingerprint density at radius 1 is 1.41 bits per heavy atom. The molecule has 0 bridgehead atoms. The number of piperazine rings is 1. The number of rotatable bonds is 3. The molecule has 17 heavy (non-hydrogen) atoms. The Hall–Kier alpha value is -0.770. The number of phenols is 1. The lowest BCUT2D eigenvalue weighted by molar-refractivity contribution is 0.169. The number of phenolic OH excluding ortho intramolecular Hbond substituents is 1. The van der Waals surface area contributed by atoms with Gasteiger partial charge in [-0.1, -0.05) is 24.6 Å². The molecular weight excluding hydrogens is 236 g/mol. The van der Waals surface area contributed by atoms with Crippen molar-refractivity contribution in [3.8, 4) is 5.75 Å². The highest BCUT2D eigenvalue weighted by Gasteiger charge is 2.20. The molecule has 0 unspecified atom stereocenters. The van der Waals surface area contributed by atoms with Crippen molar-refractivity contribution in [2.45, 2.75) is 19.4 Å². The lowest BCUT2D eigenvalue weighted by Gasteiger charge is -2.34. The Morgan fingerprint density at radius 3 is 2.71 bits per heavy atom. The summed E-state index contributed by atoms with van der Waals surface area (Å²) in [6.45, 7) is 6.41. The van der Waals surface area contributed by atoms with Gasteiger partial charge in [-0.25, -0.2) is 0 Å². The zero-order valence-electron chi connectivity index (χ0n) is 10.1. The maximum absolute atomic E-state index is 9.45. The van der Waals surface area contributed by atoms with E-state index >= 15 is 0 Å². The number of hydrogen-bond donors (Lipinski definition) is 2. The first-order valence-electron chi connectivity index (χ1n) is 6.15. The number of nitrogens with one attached hydrogen (secondary N) is 1. The lowest BCUT2D eigenvalue weighted by atomic mass is 10.0. The molecule has 1 fully saturated rings. The van der Waals surface area contributed by atoms with Crippen molar-refractivity contribution >= 4 is 11.6 Å². The highest BCUT2D eigenvalue weighted by atomic mass is 35.5. The molecule has 2 N–H and O–H groups in total. The number of hydrogen-bond acceptors (Lipinski definition) is 3. The predicted octanol–water partition coefficient (Wildman–Crippen LogP) is 2.40.